The molecule has 4 N–H and O–H groups in total. The van der Waals surface area contributed by atoms with Gasteiger partial charge in [-0.1, -0.05) is 18.2 Å². The number of pyridine rings is 1. The molecule has 0 spiro atoms. The van der Waals surface area contributed by atoms with Gasteiger partial charge < -0.3 is 10.6 Å². The van der Waals surface area contributed by atoms with E-state index in [1.807, 2.05) is 18.2 Å². The lowest BCUT2D eigenvalue weighted by Gasteiger charge is -2.24. The molecule has 2 atom stereocenters. The Balaban J connectivity index is 1.12. The van der Waals surface area contributed by atoms with Gasteiger partial charge in [0.15, 0.2) is 0 Å². The standard InChI is InChI=1S/C35H33N9O6/c1-18-38-24-10-4-8-22(30(24)34(49)43(18)26-12-14-28(45)41-32(26)47)36-16-20-6-3-7-21(40-20)17-37-23-9-5-11-25-31(23)35(50)44(19(2)39-25)27-13-15-29(46)42-33(27)48/h3-11,26-27,36-37H,12-17H2,1-2H3,(H,41,45,47)(H,42,46,48). The smallest absolute Gasteiger partial charge is 0.264 e. The maximum absolute atomic E-state index is 13.8. The van der Waals surface area contributed by atoms with Crippen molar-refractivity contribution in [3.8, 4) is 0 Å². The number of nitrogens with one attached hydrogen (secondary N) is 4. The summed E-state index contributed by atoms with van der Waals surface area (Å²) >= 11 is 0. The van der Waals surface area contributed by atoms with Crippen LogP contribution in [0, 0.1) is 13.8 Å². The third kappa shape index (κ3) is 5.97. The van der Waals surface area contributed by atoms with Crippen molar-refractivity contribution < 1.29 is 19.2 Å². The van der Waals surface area contributed by atoms with Crippen molar-refractivity contribution in [1.29, 1.82) is 0 Å². The molecule has 4 amide bonds. The Morgan fingerprint density at radius 2 is 1.04 bits per heavy atom. The highest BCUT2D eigenvalue weighted by molar-refractivity contribution is 6.00. The maximum Gasteiger partial charge on any atom is 0.264 e. The number of imide groups is 2. The summed E-state index contributed by atoms with van der Waals surface area (Å²) in [6.07, 6.45) is 0.691. The van der Waals surface area contributed by atoms with E-state index in [1.54, 1.807) is 50.2 Å². The van der Waals surface area contributed by atoms with Crippen molar-refractivity contribution in [2.24, 2.45) is 0 Å². The molecule has 5 aromatic rings. The summed E-state index contributed by atoms with van der Waals surface area (Å²) < 4.78 is 2.70. The summed E-state index contributed by atoms with van der Waals surface area (Å²) in [5, 5.41) is 11.9. The van der Waals surface area contributed by atoms with E-state index < -0.39 is 23.9 Å². The maximum atomic E-state index is 13.8. The molecule has 2 saturated heterocycles. The minimum absolute atomic E-state index is 0.133. The predicted octanol–water partition coefficient (Wildman–Crippen LogP) is 2.30. The van der Waals surface area contributed by atoms with Gasteiger partial charge in [-0.2, -0.15) is 0 Å². The van der Waals surface area contributed by atoms with Crippen molar-refractivity contribution in [2.45, 2.75) is 64.7 Å². The second kappa shape index (κ2) is 13.0. The number of carbonyl (C=O) groups excluding carboxylic acids is 4. The predicted molar refractivity (Wildman–Crippen MR) is 183 cm³/mol. The Kier molecular flexibility index (Phi) is 8.39. The zero-order valence-electron chi connectivity index (χ0n) is 27.3. The molecule has 50 heavy (non-hydrogen) atoms. The Bertz CT molecular complexity index is 2210. The van der Waals surface area contributed by atoms with Crippen LogP contribution in [0.25, 0.3) is 21.8 Å². The van der Waals surface area contributed by atoms with Gasteiger partial charge in [0, 0.05) is 24.2 Å². The van der Waals surface area contributed by atoms with E-state index in [0.29, 0.717) is 56.2 Å². The Labute approximate surface area is 284 Å². The van der Waals surface area contributed by atoms with Crippen molar-refractivity contribution in [3.05, 3.63) is 98.3 Å². The highest BCUT2D eigenvalue weighted by Crippen LogP contribution is 2.25. The number of nitrogens with zero attached hydrogens (tertiary/aromatic N) is 5. The number of hydrogen-bond donors (Lipinski definition) is 4. The van der Waals surface area contributed by atoms with Crippen LogP contribution in [0.2, 0.25) is 0 Å². The molecule has 15 heteroatoms. The second-order valence-corrected chi connectivity index (χ2v) is 12.3. The molecule has 7 rings (SSSR count). The average Bonchev–Trinajstić information content (AvgIpc) is 3.08. The number of hydrogen-bond acceptors (Lipinski definition) is 11. The lowest BCUT2D eigenvalue weighted by atomic mass is 10.1. The molecule has 2 unspecified atom stereocenters. The fourth-order valence-corrected chi connectivity index (χ4v) is 6.69. The molecular weight excluding hydrogens is 642 g/mol. The number of aryl methyl sites for hydroxylation is 2. The normalized spacial score (nSPS) is 17.9. The number of aromatic nitrogens is 5. The summed E-state index contributed by atoms with van der Waals surface area (Å²) in [7, 11) is 0. The van der Waals surface area contributed by atoms with E-state index in [0.717, 1.165) is 0 Å². The zero-order valence-corrected chi connectivity index (χ0v) is 27.3. The summed E-state index contributed by atoms with van der Waals surface area (Å²) in [5.74, 6) is -1.03. The van der Waals surface area contributed by atoms with Gasteiger partial charge in [-0.3, -0.25) is 53.5 Å². The highest BCUT2D eigenvalue weighted by Gasteiger charge is 2.32. The van der Waals surface area contributed by atoms with E-state index in [-0.39, 0.29) is 61.7 Å². The van der Waals surface area contributed by atoms with Crippen molar-refractivity contribution in [1.82, 2.24) is 34.7 Å². The first kappa shape index (κ1) is 32.3. The topological polar surface area (TPSA) is 199 Å². The Morgan fingerprint density at radius 3 is 1.46 bits per heavy atom. The van der Waals surface area contributed by atoms with Crippen molar-refractivity contribution >= 4 is 56.8 Å². The largest absolute Gasteiger partial charge is 0.379 e. The quantitative estimate of drug-likeness (QED) is 0.176. The van der Waals surface area contributed by atoms with Crippen LogP contribution in [0.1, 0.15) is 60.8 Å². The molecule has 2 fully saturated rings. The van der Waals surface area contributed by atoms with E-state index in [4.69, 9.17) is 4.98 Å². The molecule has 2 aliphatic rings. The summed E-state index contributed by atoms with van der Waals surface area (Å²) in [5.41, 5.74) is 2.60. The van der Waals surface area contributed by atoms with Crippen LogP contribution in [0.15, 0.2) is 64.2 Å². The minimum Gasteiger partial charge on any atom is -0.379 e. The monoisotopic (exact) mass is 675 g/mol. The van der Waals surface area contributed by atoms with Gasteiger partial charge in [-0.15, -0.1) is 0 Å². The molecule has 3 aromatic heterocycles. The van der Waals surface area contributed by atoms with E-state index >= 15 is 0 Å². The van der Waals surface area contributed by atoms with Gasteiger partial charge >= 0.3 is 0 Å². The van der Waals surface area contributed by atoms with E-state index in [9.17, 15) is 28.8 Å². The molecule has 0 saturated carbocycles. The highest BCUT2D eigenvalue weighted by atomic mass is 16.2. The fraction of sp³-hybridized carbons (Fsp3) is 0.286. The van der Waals surface area contributed by atoms with Crippen molar-refractivity contribution in [2.75, 3.05) is 10.6 Å². The molecule has 0 bridgehead atoms. The molecule has 2 aliphatic heterocycles. The van der Waals surface area contributed by atoms with Gasteiger partial charge in [0.2, 0.25) is 23.6 Å². The summed E-state index contributed by atoms with van der Waals surface area (Å²) in [6, 6.07) is 14.4. The van der Waals surface area contributed by atoms with Crippen LogP contribution in [0.4, 0.5) is 11.4 Å². The number of piperidine rings is 2. The Morgan fingerprint density at radius 1 is 0.620 bits per heavy atom. The molecule has 254 valence electrons. The SMILES string of the molecule is Cc1nc2cccc(NCc3cccc(CNc4cccc5nc(C)n(C6CCC(=O)NC6=O)c(=O)c45)n3)c2c(=O)n1C1CCC(=O)NC1=O. The second-order valence-electron chi connectivity index (χ2n) is 12.3. The number of amides is 4. The van der Waals surface area contributed by atoms with E-state index in [2.05, 4.69) is 31.2 Å². The Hall–Kier alpha value is -6.25. The average molecular weight is 676 g/mol. The number of carbonyl (C=O) groups is 4. The number of anilines is 2. The van der Waals surface area contributed by atoms with E-state index in [1.165, 1.54) is 9.13 Å². The molecular formula is C35H33N9O6. The first-order valence-corrected chi connectivity index (χ1v) is 16.2. The molecule has 5 heterocycles. The molecule has 0 aliphatic carbocycles. The molecule has 0 radical (unpaired) electrons. The van der Waals surface area contributed by atoms with Crippen LogP contribution in [0.5, 0.6) is 0 Å². The first-order valence-electron chi connectivity index (χ1n) is 16.2. The number of benzene rings is 2. The van der Waals surface area contributed by atoms with Gasteiger partial charge in [-0.05, 0) is 63.1 Å². The third-order valence-corrected chi connectivity index (χ3v) is 9.04. The van der Waals surface area contributed by atoms with Crippen molar-refractivity contribution in [3.63, 3.8) is 0 Å². The fourth-order valence-electron chi connectivity index (χ4n) is 6.69. The van der Waals surface area contributed by atoms with Crippen LogP contribution in [-0.4, -0.2) is 47.7 Å². The lowest BCUT2D eigenvalue weighted by Crippen LogP contribution is -2.45. The third-order valence-electron chi connectivity index (χ3n) is 9.04. The minimum atomic E-state index is -0.835. The molecule has 15 nitrogen and oxygen atoms in total. The van der Waals surface area contributed by atoms with Crippen LogP contribution < -0.4 is 32.4 Å². The number of fused-ring (bicyclic) bond motifs is 2. The van der Waals surface area contributed by atoms with Gasteiger partial charge in [0.05, 0.1) is 46.3 Å². The van der Waals surface area contributed by atoms with Crippen LogP contribution in [0.3, 0.4) is 0 Å². The van der Waals surface area contributed by atoms with Gasteiger partial charge in [-0.25, -0.2) is 9.97 Å². The molecule has 2 aromatic carbocycles. The van der Waals surface area contributed by atoms with Gasteiger partial charge in [0.1, 0.15) is 23.7 Å². The lowest BCUT2D eigenvalue weighted by molar-refractivity contribution is -0.137. The summed E-state index contributed by atoms with van der Waals surface area (Å²) in [4.78, 5) is 90.2. The van der Waals surface area contributed by atoms with Crippen LogP contribution >= 0.6 is 0 Å². The zero-order chi connectivity index (χ0) is 35.1. The van der Waals surface area contributed by atoms with Gasteiger partial charge in [0.25, 0.3) is 11.1 Å². The van der Waals surface area contributed by atoms with Crippen LogP contribution in [-0.2, 0) is 32.3 Å². The summed E-state index contributed by atoms with van der Waals surface area (Å²) in [6.45, 7) is 3.87. The number of rotatable bonds is 8. The first-order chi connectivity index (χ1) is 24.1.